The van der Waals surface area contributed by atoms with Crippen LogP contribution in [0, 0.1) is 36.5 Å². The summed E-state index contributed by atoms with van der Waals surface area (Å²) in [6.45, 7) is 6.09. The Balaban J connectivity index is 1.53. The van der Waals surface area contributed by atoms with E-state index in [-0.39, 0.29) is 0 Å². The quantitative estimate of drug-likeness (QED) is 0.165. The molecule has 0 aromatic heterocycles. The number of aryl methyl sites for hydroxylation is 2. The number of hydrogen-bond donors (Lipinski definition) is 0. The highest BCUT2D eigenvalue weighted by molar-refractivity contribution is 6.03. The van der Waals surface area contributed by atoms with Gasteiger partial charge in [-0.2, -0.15) is 10.5 Å². The predicted octanol–water partition coefficient (Wildman–Crippen LogP) is 10.4. The molecular formula is C39H29N3. The van der Waals surface area contributed by atoms with Crippen LogP contribution in [0.15, 0.2) is 115 Å². The Morgan fingerprint density at radius 3 is 1.74 bits per heavy atom. The van der Waals surface area contributed by atoms with E-state index in [1.165, 1.54) is 22.3 Å². The summed E-state index contributed by atoms with van der Waals surface area (Å²) in [5.41, 5.74) is 14.2. The summed E-state index contributed by atoms with van der Waals surface area (Å²) in [5.74, 6) is 0. The van der Waals surface area contributed by atoms with E-state index in [0.29, 0.717) is 11.1 Å². The van der Waals surface area contributed by atoms with Gasteiger partial charge >= 0.3 is 0 Å². The number of benzene rings is 5. The average Bonchev–Trinajstić information content (AvgIpc) is 3.14. The Bertz CT molecular complexity index is 1960. The Morgan fingerprint density at radius 2 is 1.14 bits per heavy atom. The maximum absolute atomic E-state index is 10.1. The van der Waals surface area contributed by atoms with Crippen LogP contribution in [0.3, 0.4) is 0 Å². The predicted molar refractivity (Wildman–Crippen MR) is 174 cm³/mol. The molecule has 0 radical (unpaired) electrons. The van der Waals surface area contributed by atoms with Crippen molar-refractivity contribution >= 4 is 34.3 Å². The number of nitrogens with zero attached hydrogens (tertiary/aromatic N) is 3. The standard InChI is InChI=1S/C39H29N3/c1-4-29(24-40)30-13-15-31(16-14-30)32(25-41)22-28-12-20-39-37(23-28)35-8-6-5-7-34(35)36-21-27(3)11-19-38(36)42(39)33-17-9-26(2)10-18-33/h4-23H,1-3H3/b29-4?,32-22+. The normalized spacial score (nSPS) is 12.4. The first kappa shape index (κ1) is 26.6. The van der Waals surface area contributed by atoms with Crippen molar-refractivity contribution in [1.29, 1.82) is 10.5 Å². The zero-order chi connectivity index (χ0) is 29.2. The van der Waals surface area contributed by atoms with E-state index in [2.05, 4.69) is 116 Å². The molecule has 0 unspecified atom stereocenters. The Kier molecular flexibility index (Phi) is 7.02. The second kappa shape index (κ2) is 11.1. The molecule has 0 spiro atoms. The van der Waals surface area contributed by atoms with Gasteiger partial charge in [-0.15, -0.1) is 0 Å². The van der Waals surface area contributed by atoms with Crippen molar-refractivity contribution < 1.29 is 0 Å². The number of anilines is 3. The molecule has 3 nitrogen and oxygen atoms in total. The number of hydrogen-bond acceptors (Lipinski definition) is 3. The molecule has 0 atom stereocenters. The molecule has 0 amide bonds. The van der Waals surface area contributed by atoms with Gasteiger partial charge in [0.25, 0.3) is 0 Å². The first-order chi connectivity index (χ1) is 20.5. The molecule has 3 heteroatoms. The lowest BCUT2D eigenvalue weighted by Gasteiger charge is -2.27. The minimum atomic E-state index is 0.566. The third kappa shape index (κ3) is 4.79. The second-order valence-electron chi connectivity index (χ2n) is 10.6. The fourth-order valence-electron chi connectivity index (χ4n) is 5.64. The molecule has 5 aromatic carbocycles. The van der Waals surface area contributed by atoms with Crippen LogP contribution in [0.25, 0.3) is 39.5 Å². The van der Waals surface area contributed by atoms with Crippen LogP contribution in [0.4, 0.5) is 17.1 Å². The van der Waals surface area contributed by atoms with Crippen LogP contribution in [0.1, 0.15) is 34.7 Å². The fraction of sp³-hybridized carbons (Fsp3) is 0.0769. The molecule has 1 aliphatic heterocycles. The Labute approximate surface area is 247 Å². The van der Waals surface area contributed by atoms with Crippen molar-refractivity contribution in [2.45, 2.75) is 20.8 Å². The van der Waals surface area contributed by atoms with E-state index in [1.807, 2.05) is 37.3 Å². The van der Waals surface area contributed by atoms with Gasteiger partial charge in [-0.3, -0.25) is 0 Å². The number of rotatable bonds is 4. The molecule has 200 valence electrons. The number of allylic oxidation sites excluding steroid dienone is 3. The number of nitriles is 2. The lowest BCUT2D eigenvalue weighted by molar-refractivity contribution is 1.28. The topological polar surface area (TPSA) is 50.8 Å². The van der Waals surface area contributed by atoms with Crippen molar-refractivity contribution in [3.63, 3.8) is 0 Å². The molecular weight excluding hydrogens is 510 g/mol. The van der Waals surface area contributed by atoms with E-state index in [0.717, 1.165) is 44.9 Å². The van der Waals surface area contributed by atoms with Crippen LogP contribution in [0.2, 0.25) is 0 Å². The van der Waals surface area contributed by atoms with Gasteiger partial charge in [-0.1, -0.05) is 90.0 Å². The van der Waals surface area contributed by atoms with Crippen molar-refractivity contribution in [1.82, 2.24) is 0 Å². The van der Waals surface area contributed by atoms with Crippen molar-refractivity contribution in [3.05, 3.63) is 143 Å². The summed E-state index contributed by atoms with van der Waals surface area (Å²) in [7, 11) is 0. The smallest absolute Gasteiger partial charge is 0.0998 e. The van der Waals surface area contributed by atoms with Crippen molar-refractivity contribution in [2.75, 3.05) is 4.90 Å². The lowest BCUT2D eigenvalue weighted by Crippen LogP contribution is -2.11. The monoisotopic (exact) mass is 539 g/mol. The summed E-state index contributed by atoms with van der Waals surface area (Å²) >= 11 is 0. The van der Waals surface area contributed by atoms with E-state index < -0.39 is 0 Å². The zero-order valence-electron chi connectivity index (χ0n) is 23.9. The van der Waals surface area contributed by atoms with Gasteiger partial charge in [0, 0.05) is 16.8 Å². The van der Waals surface area contributed by atoms with Gasteiger partial charge < -0.3 is 4.90 Å². The van der Waals surface area contributed by atoms with Crippen molar-refractivity contribution in [3.8, 4) is 34.4 Å². The largest absolute Gasteiger partial charge is 0.309 e. The summed E-state index contributed by atoms with van der Waals surface area (Å²) in [5, 5.41) is 19.5. The molecule has 0 fully saturated rings. The van der Waals surface area contributed by atoms with Crippen LogP contribution in [0.5, 0.6) is 0 Å². The highest BCUT2D eigenvalue weighted by atomic mass is 15.1. The maximum atomic E-state index is 10.1. The van der Waals surface area contributed by atoms with Gasteiger partial charge in [-0.25, -0.2) is 0 Å². The third-order valence-electron chi connectivity index (χ3n) is 7.80. The van der Waals surface area contributed by atoms with E-state index in [9.17, 15) is 10.5 Å². The van der Waals surface area contributed by atoms with Gasteiger partial charge in [0.2, 0.25) is 0 Å². The van der Waals surface area contributed by atoms with Crippen LogP contribution >= 0.6 is 0 Å². The summed E-state index contributed by atoms with van der Waals surface area (Å²) in [6.07, 6.45) is 3.74. The highest BCUT2D eigenvalue weighted by Crippen LogP contribution is 2.51. The Hall–Kier alpha value is -5.64. The Morgan fingerprint density at radius 1 is 0.595 bits per heavy atom. The molecule has 0 saturated carbocycles. The highest BCUT2D eigenvalue weighted by Gasteiger charge is 2.26. The van der Waals surface area contributed by atoms with Gasteiger partial charge in [-0.05, 0) is 91.1 Å². The molecule has 1 heterocycles. The maximum Gasteiger partial charge on any atom is 0.0998 e. The minimum absolute atomic E-state index is 0.566. The fourth-order valence-corrected chi connectivity index (χ4v) is 5.64. The van der Waals surface area contributed by atoms with Gasteiger partial charge in [0.05, 0.1) is 34.7 Å². The van der Waals surface area contributed by atoms with E-state index in [1.54, 1.807) is 6.08 Å². The zero-order valence-corrected chi connectivity index (χ0v) is 23.9. The minimum Gasteiger partial charge on any atom is -0.309 e. The van der Waals surface area contributed by atoms with Crippen LogP contribution < -0.4 is 4.90 Å². The molecule has 0 aliphatic carbocycles. The van der Waals surface area contributed by atoms with Crippen LogP contribution in [-0.4, -0.2) is 0 Å². The van der Waals surface area contributed by atoms with E-state index in [4.69, 9.17) is 0 Å². The van der Waals surface area contributed by atoms with Crippen molar-refractivity contribution in [2.24, 2.45) is 0 Å². The SMILES string of the molecule is CC=C(C#N)c1ccc(/C(C#N)=C/c2ccc3c(c2)-c2ccccc2-c2cc(C)ccc2N3c2ccc(C)cc2)cc1. The lowest BCUT2D eigenvalue weighted by atomic mass is 9.92. The second-order valence-corrected chi connectivity index (χ2v) is 10.6. The van der Waals surface area contributed by atoms with Crippen LogP contribution in [-0.2, 0) is 0 Å². The van der Waals surface area contributed by atoms with E-state index >= 15 is 0 Å². The first-order valence-corrected chi connectivity index (χ1v) is 14.0. The summed E-state index contributed by atoms with van der Waals surface area (Å²) in [4.78, 5) is 2.34. The van der Waals surface area contributed by atoms with Gasteiger partial charge in [0.1, 0.15) is 0 Å². The molecule has 6 rings (SSSR count). The molecule has 1 aliphatic rings. The van der Waals surface area contributed by atoms with Gasteiger partial charge in [0.15, 0.2) is 0 Å². The molecule has 0 saturated heterocycles. The first-order valence-electron chi connectivity index (χ1n) is 14.0. The molecule has 42 heavy (non-hydrogen) atoms. The molecule has 5 aromatic rings. The summed E-state index contributed by atoms with van der Waals surface area (Å²) in [6, 6.07) is 42.5. The average molecular weight is 540 g/mol. The molecule has 0 bridgehead atoms. The number of fused-ring (bicyclic) bond motifs is 5. The summed E-state index contributed by atoms with van der Waals surface area (Å²) < 4.78 is 0. The third-order valence-corrected chi connectivity index (χ3v) is 7.80. The molecule has 0 N–H and O–H groups in total.